The quantitative estimate of drug-likeness (QED) is 0.230. The van der Waals surface area contributed by atoms with Crippen LogP contribution in [0.1, 0.15) is 6.92 Å². The predicted octanol–water partition coefficient (Wildman–Crippen LogP) is -0.988. The number of nitrogens with two attached hydrogens (primary N) is 2. The summed E-state index contributed by atoms with van der Waals surface area (Å²) in [5.74, 6) is 0. The number of nitrogens with one attached hydrogen (secondary N) is 2. The van der Waals surface area contributed by atoms with Gasteiger partial charge in [-0.05, 0) is 31.4 Å². The van der Waals surface area contributed by atoms with Crippen molar-refractivity contribution in [1.82, 2.24) is 10.9 Å². The van der Waals surface area contributed by atoms with E-state index in [1.807, 2.05) is 0 Å². The van der Waals surface area contributed by atoms with Crippen molar-refractivity contribution < 1.29 is 20.4 Å². The van der Waals surface area contributed by atoms with Crippen LogP contribution in [-0.4, -0.2) is 22.2 Å². The maximum absolute atomic E-state index is 5.13. The van der Waals surface area contributed by atoms with Gasteiger partial charge in [0.15, 0.2) is 10.2 Å². The van der Waals surface area contributed by atoms with Gasteiger partial charge in [0.2, 0.25) is 0 Å². The molecule has 6 nitrogen and oxygen atoms in total. The Bertz CT molecular complexity index is 263. The van der Waals surface area contributed by atoms with E-state index in [0.29, 0.717) is 5.71 Å². The Hall–Kier alpha value is -0.618. The fourth-order valence-corrected chi connectivity index (χ4v) is 0.460. The second-order valence-corrected chi connectivity index (χ2v) is 2.84. The first-order chi connectivity index (χ1) is 6.02. The monoisotopic (exact) mass is 324 g/mol. The molecule has 0 saturated heterocycles. The van der Waals surface area contributed by atoms with Crippen LogP contribution in [-0.2, 0) is 20.4 Å². The average Bonchev–Trinajstić information content (AvgIpc) is 2.00. The van der Waals surface area contributed by atoms with Crippen LogP contribution in [0.4, 0.5) is 0 Å². The molecule has 0 aromatic heterocycles. The van der Waals surface area contributed by atoms with E-state index in [1.165, 1.54) is 6.21 Å². The summed E-state index contributed by atoms with van der Waals surface area (Å²) in [6, 6.07) is 0. The van der Waals surface area contributed by atoms with Crippen molar-refractivity contribution in [3.63, 3.8) is 0 Å². The Morgan fingerprint density at radius 2 is 1.71 bits per heavy atom. The van der Waals surface area contributed by atoms with Crippen LogP contribution in [0.15, 0.2) is 10.2 Å². The van der Waals surface area contributed by atoms with Crippen molar-refractivity contribution >= 4 is 46.6 Å². The molecule has 0 aliphatic carbocycles. The number of hydrogen-bond acceptors (Lipinski definition) is 4. The Morgan fingerprint density at radius 3 is 2.14 bits per heavy atom. The van der Waals surface area contributed by atoms with Gasteiger partial charge in [0.05, 0.1) is 11.9 Å². The molecule has 0 aromatic carbocycles. The number of hydrazone groups is 2. The summed E-state index contributed by atoms with van der Waals surface area (Å²) in [4.78, 5) is 0. The van der Waals surface area contributed by atoms with E-state index in [-0.39, 0.29) is 30.6 Å². The Labute approximate surface area is 106 Å². The Kier molecular flexibility index (Phi) is 10.1. The maximum atomic E-state index is 5.13. The molecule has 0 aliphatic rings. The van der Waals surface area contributed by atoms with E-state index in [4.69, 9.17) is 11.5 Å². The van der Waals surface area contributed by atoms with Crippen LogP contribution in [0, 0.1) is 0 Å². The zero-order valence-electron chi connectivity index (χ0n) is 7.26. The van der Waals surface area contributed by atoms with E-state index in [0.717, 1.165) is 0 Å². The van der Waals surface area contributed by atoms with Crippen molar-refractivity contribution in [2.45, 2.75) is 6.92 Å². The molecular weight excluding hydrogens is 315 g/mol. The second-order valence-electron chi connectivity index (χ2n) is 1.96. The first kappa shape index (κ1) is 15.8. The molecule has 0 rings (SSSR count). The van der Waals surface area contributed by atoms with Crippen LogP contribution >= 0.6 is 24.4 Å². The fourth-order valence-electron chi connectivity index (χ4n) is 0.361. The molecule has 0 aliphatic heterocycles. The third-order valence-electron chi connectivity index (χ3n) is 0.769. The molecule has 0 fully saturated rings. The third kappa shape index (κ3) is 11.4. The van der Waals surface area contributed by atoms with E-state index in [2.05, 4.69) is 45.5 Å². The molecule has 0 spiro atoms. The van der Waals surface area contributed by atoms with Crippen LogP contribution in [0.2, 0.25) is 0 Å². The van der Waals surface area contributed by atoms with E-state index in [1.54, 1.807) is 6.92 Å². The largest absolute Gasteiger partial charge is 0.375 e. The normalized spacial score (nSPS) is 10.5. The second kappa shape index (κ2) is 8.96. The fraction of sp³-hybridized carbons (Fsp3) is 0.200. The van der Waals surface area contributed by atoms with Gasteiger partial charge in [-0.15, -0.1) is 0 Å². The van der Waals surface area contributed by atoms with Gasteiger partial charge in [-0.1, -0.05) is 0 Å². The minimum Gasteiger partial charge on any atom is -0.375 e. The first-order valence-electron chi connectivity index (χ1n) is 3.20. The van der Waals surface area contributed by atoms with E-state index < -0.39 is 0 Å². The summed E-state index contributed by atoms with van der Waals surface area (Å²) < 4.78 is 0. The standard InChI is InChI=1S/C5H10N6S2.Pd/c1-3(9-11-5(7)13)2-8-10-4(6)12;/h2H,1H3,(H3,6,10,12)(H3,7,11,13);. The molecule has 0 amide bonds. The van der Waals surface area contributed by atoms with Gasteiger partial charge >= 0.3 is 0 Å². The van der Waals surface area contributed by atoms with Crippen molar-refractivity contribution in [2.75, 3.05) is 0 Å². The van der Waals surface area contributed by atoms with Crippen LogP contribution < -0.4 is 22.3 Å². The van der Waals surface area contributed by atoms with Crippen molar-refractivity contribution in [1.29, 1.82) is 0 Å². The Morgan fingerprint density at radius 1 is 1.21 bits per heavy atom. The molecule has 6 N–H and O–H groups in total. The third-order valence-corrected chi connectivity index (χ3v) is 0.951. The molecule has 0 bridgehead atoms. The summed E-state index contributed by atoms with van der Waals surface area (Å²) in [5, 5.41) is 7.58. The van der Waals surface area contributed by atoms with Gasteiger partial charge in [0.1, 0.15) is 0 Å². The predicted molar refractivity (Wildman–Crippen MR) is 61.4 cm³/mol. The molecule has 0 radical (unpaired) electrons. The van der Waals surface area contributed by atoms with Gasteiger partial charge in [0.25, 0.3) is 0 Å². The minimum absolute atomic E-state index is 0. The van der Waals surface area contributed by atoms with Gasteiger partial charge in [-0.25, -0.2) is 0 Å². The van der Waals surface area contributed by atoms with E-state index >= 15 is 0 Å². The van der Waals surface area contributed by atoms with Crippen molar-refractivity contribution in [2.24, 2.45) is 21.7 Å². The van der Waals surface area contributed by atoms with Crippen molar-refractivity contribution in [3.8, 4) is 0 Å². The molecule has 14 heavy (non-hydrogen) atoms. The molecule has 0 atom stereocenters. The first-order valence-corrected chi connectivity index (χ1v) is 4.02. The molecule has 0 unspecified atom stereocenters. The summed E-state index contributed by atoms with van der Waals surface area (Å²) in [6.45, 7) is 1.70. The number of nitrogens with zero attached hydrogens (tertiary/aromatic N) is 2. The van der Waals surface area contributed by atoms with Crippen molar-refractivity contribution in [3.05, 3.63) is 0 Å². The van der Waals surface area contributed by atoms with Gasteiger partial charge in [-0.3, -0.25) is 10.9 Å². The zero-order valence-corrected chi connectivity index (χ0v) is 10.4. The van der Waals surface area contributed by atoms with Crippen LogP contribution in [0.3, 0.4) is 0 Å². The Balaban J connectivity index is 0. The van der Waals surface area contributed by atoms with Crippen LogP contribution in [0.25, 0.3) is 0 Å². The number of rotatable bonds is 3. The summed E-state index contributed by atoms with van der Waals surface area (Å²) in [7, 11) is 0. The molecule has 0 saturated carbocycles. The molecule has 0 aromatic rings. The minimum atomic E-state index is 0. The molecular formula is C5H10N6PdS2. The molecule has 9 heteroatoms. The summed E-state index contributed by atoms with van der Waals surface area (Å²) >= 11 is 9.04. The van der Waals surface area contributed by atoms with Crippen LogP contribution in [0.5, 0.6) is 0 Å². The maximum Gasteiger partial charge on any atom is 0.184 e. The molecule has 0 heterocycles. The zero-order chi connectivity index (χ0) is 10.3. The summed E-state index contributed by atoms with van der Waals surface area (Å²) in [6.07, 6.45) is 1.42. The van der Waals surface area contributed by atoms with Gasteiger partial charge < -0.3 is 11.5 Å². The number of thiocarbonyl (C=S) groups is 2. The average molecular weight is 325 g/mol. The van der Waals surface area contributed by atoms with Gasteiger partial charge in [0, 0.05) is 20.4 Å². The smallest absolute Gasteiger partial charge is 0.184 e. The number of hydrogen-bond donors (Lipinski definition) is 4. The summed E-state index contributed by atoms with van der Waals surface area (Å²) in [5.41, 5.74) is 15.6. The topological polar surface area (TPSA) is 101 Å². The van der Waals surface area contributed by atoms with Gasteiger partial charge in [-0.2, -0.15) is 10.2 Å². The SMILES string of the molecule is CC(C=NNC(N)=S)=NNC(N)=S.[Pd]. The van der Waals surface area contributed by atoms with E-state index in [9.17, 15) is 0 Å². The molecule has 82 valence electrons.